The van der Waals surface area contributed by atoms with Crippen molar-refractivity contribution in [1.29, 1.82) is 0 Å². The van der Waals surface area contributed by atoms with E-state index in [2.05, 4.69) is 10.6 Å². The van der Waals surface area contributed by atoms with Crippen LogP contribution in [-0.4, -0.2) is 34.7 Å². The molecule has 2 aromatic carbocycles. The fraction of sp³-hybridized carbons (Fsp3) is 0.250. The summed E-state index contributed by atoms with van der Waals surface area (Å²) in [6.45, 7) is -0.260. The van der Waals surface area contributed by atoms with Crippen molar-refractivity contribution in [2.24, 2.45) is 0 Å². The van der Waals surface area contributed by atoms with Gasteiger partial charge < -0.3 is 20.1 Å². The number of ether oxygens (including phenoxy) is 2. The van der Waals surface area contributed by atoms with E-state index >= 15 is 0 Å². The largest absolute Gasteiger partial charge is 0.495 e. The summed E-state index contributed by atoms with van der Waals surface area (Å²) in [5.74, 6) is -1.73. The number of para-hydroxylation sites is 2. The van der Waals surface area contributed by atoms with Crippen molar-refractivity contribution in [1.82, 2.24) is 9.13 Å². The molecule has 0 aliphatic carbocycles. The van der Waals surface area contributed by atoms with E-state index in [1.807, 2.05) is 0 Å². The zero-order chi connectivity index (χ0) is 24.9. The first-order valence-corrected chi connectivity index (χ1v) is 10.8. The molecule has 10 nitrogen and oxygen atoms in total. The Morgan fingerprint density at radius 1 is 1.11 bits per heavy atom. The lowest BCUT2D eigenvalue weighted by molar-refractivity contribution is -0.116. The Labute approximate surface area is 198 Å². The number of carbonyl (C=O) groups excluding carboxylic acids is 2. The van der Waals surface area contributed by atoms with Gasteiger partial charge in [0.1, 0.15) is 18.5 Å². The van der Waals surface area contributed by atoms with Crippen molar-refractivity contribution in [2.45, 2.75) is 25.6 Å². The van der Waals surface area contributed by atoms with Crippen molar-refractivity contribution in [3.05, 3.63) is 86.9 Å². The molecule has 1 atom stereocenters. The van der Waals surface area contributed by atoms with Crippen molar-refractivity contribution in [2.75, 3.05) is 24.4 Å². The second-order valence-electron chi connectivity index (χ2n) is 7.81. The van der Waals surface area contributed by atoms with Gasteiger partial charge in [-0.2, -0.15) is 4.39 Å². The summed E-state index contributed by atoms with van der Waals surface area (Å²) in [5.41, 5.74) is -0.862. The van der Waals surface area contributed by atoms with Gasteiger partial charge in [0.05, 0.1) is 19.0 Å². The van der Waals surface area contributed by atoms with E-state index in [9.17, 15) is 23.6 Å². The van der Waals surface area contributed by atoms with E-state index in [1.54, 1.807) is 24.3 Å². The van der Waals surface area contributed by atoms with Gasteiger partial charge in [0.2, 0.25) is 11.7 Å². The number of nitrogens with zero attached hydrogens (tertiary/aromatic N) is 2. The Morgan fingerprint density at radius 2 is 1.86 bits per heavy atom. The van der Waals surface area contributed by atoms with E-state index in [0.717, 1.165) is 10.8 Å². The van der Waals surface area contributed by atoms with Crippen LogP contribution < -0.4 is 26.6 Å². The number of anilines is 2. The third-order valence-corrected chi connectivity index (χ3v) is 5.46. The van der Waals surface area contributed by atoms with Crippen LogP contribution in [0.2, 0.25) is 0 Å². The highest BCUT2D eigenvalue weighted by molar-refractivity contribution is 6.05. The van der Waals surface area contributed by atoms with E-state index < -0.39 is 35.7 Å². The van der Waals surface area contributed by atoms with Crippen LogP contribution in [0.5, 0.6) is 5.75 Å². The Bertz CT molecular complexity index is 1360. The van der Waals surface area contributed by atoms with Gasteiger partial charge >= 0.3 is 5.69 Å². The summed E-state index contributed by atoms with van der Waals surface area (Å²) in [4.78, 5) is 49.9. The molecule has 2 heterocycles. The zero-order valence-electron chi connectivity index (χ0n) is 18.8. The number of hydrogen-bond acceptors (Lipinski definition) is 6. The third-order valence-electron chi connectivity index (χ3n) is 5.46. The van der Waals surface area contributed by atoms with Crippen LogP contribution in [0.4, 0.5) is 15.8 Å². The molecule has 0 spiro atoms. The maximum absolute atomic E-state index is 14.1. The van der Waals surface area contributed by atoms with Crippen molar-refractivity contribution < 1.29 is 23.5 Å². The summed E-state index contributed by atoms with van der Waals surface area (Å²) in [7, 11) is 1.50. The number of nitrogens with one attached hydrogen (secondary N) is 2. The maximum Gasteiger partial charge on any atom is 0.333 e. The lowest BCUT2D eigenvalue weighted by Gasteiger charge is -2.15. The molecule has 2 amide bonds. The molecule has 0 radical (unpaired) electrons. The van der Waals surface area contributed by atoms with Crippen molar-refractivity contribution in [3.8, 4) is 5.75 Å². The van der Waals surface area contributed by atoms with Gasteiger partial charge in [-0.25, -0.2) is 9.36 Å². The number of rotatable bonds is 7. The summed E-state index contributed by atoms with van der Waals surface area (Å²) < 4.78 is 26.3. The van der Waals surface area contributed by atoms with Gasteiger partial charge in [0.15, 0.2) is 0 Å². The molecular formula is C24H23FN4O6. The number of hydrogen-bond donors (Lipinski definition) is 2. The first kappa shape index (κ1) is 23.9. The zero-order valence-corrected chi connectivity index (χ0v) is 18.8. The van der Waals surface area contributed by atoms with Gasteiger partial charge in [0.25, 0.3) is 11.5 Å². The average molecular weight is 482 g/mol. The molecule has 35 heavy (non-hydrogen) atoms. The molecule has 11 heteroatoms. The quantitative estimate of drug-likeness (QED) is 0.533. The molecule has 1 aliphatic rings. The number of carbonyl (C=O) groups is 2. The van der Waals surface area contributed by atoms with Crippen LogP contribution in [0.1, 0.15) is 29.4 Å². The molecule has 1 fully saturated rings. The molecule has 1 aromatic heterocycles. The number of benzene rings is 2. The Balaban J connectivity index is 1.44. The summed E-state index contributed by atoms with van der Waals surface area (Å²) >= 11 is 0. The minimum Gasteiger partial charge on any atom is -0.495 e. The topological polar surface area (TPSA) is 121 Å². The molecule has 0 unspecified atom stereocenters. The first-order chi connectivity index (χ1) is 16.9. The minimum atomic E-state index is -1.19. The van der Waals surface area contributed by atoms with Crippen LogP contribution in [0.25, 0.3) is 0 Å². The van der Waals surface area contributed by atoms with Crippen LogP contribution in [0.3, 0.4) is 0 Å². The number of amides is 2. The molecule has 0 saturated carbocycles. The van der Waals surface area contributed by atoms with Crippen molar-refractivity contribution in [3.63, 3.8) is 0 Å². The van der Waals surface area contributed by atoms with Gasteiger partial charge in [0, 0.05) is 17.9 Å². The molecule has 1 saturated heterocycles. The molecule has 1 aliphatic heterocycles. The predicted molar refractivity (Wildman–Crippen MR) is 125 cm³/mol. The number of aromatic nitrogens is 2. The Hall–Kier alpha value is -4.25. The average Bonchev–Trinajstić information content (AvgIpc) is 3.39. The van der Waals surface area contributed by atoms with Gasteiger partial charge in [-0.1, -0.05) is 12.1 Å². The van der Waals surface area contributed by atoms with E-state index in [4.69, 9.17) is 9.47 Å². The fourth-order valence-corrected chi connectivity index (χ4v) is 3.70. The van der Waals surface area contributed by atoms with Gasteiger partial charge in [-0.05, 0) is 49.2 Å². The van der Waals surface area contributed by atoms with E-state index in [1.165, 1.54) is 31.4 Å². The number of halogens is 1. The van der Waals surface area contributed by atoms with Crippen LogP contribution in [0.15, 0.2) is 64.3 Å². The second kappa shape index (κ2) is 10.3. The number of methoxy groups -OCH3 is 1. The minimum absolute atomic E-state index is 0.327. The monoisotopic (exact) mass is 482 g/mol. The molecule has 2 N–H and O–H groups in total. The van der Waals surface area contributed by atoms with Crippen LogP contribution in [-0.2, 0) is 16.1 Å². The SMILES string of the molecule is COc1ccccc1NC(=O)c1ccc(NC(=O)Cn2c(=O)c(F)cn([C@@H]3CCCO3)c2=O)cc1. The summed E-state index contributed by atoms with van der Waals surface area (Å²) in [6, 6.07) is 12.9. The fourth-order valence-electron chi connectivity index (χ4n) is 3.70. The lowest BCUT2D eigenvalue weighted by Crippen LogP contribution is -2.44. The summed E-state index contributed by atoms with van der Waals surface area (Å²) in [5, 5.41) is 5.28. The first-order valence-electron chi connectivity index (χ1n) is 10.8. The smallest absolute Gasteiger partial charge is 0.333 e. The van der Waals surface area contributed by atoms with Crippen LogP contribution >= 0.6 is 0 Å². The molecule has 4 rings (SSSR count). The highest BCUT2D eigenvalue weighted by Gasteiger charge is 2.23. The van der Waals surface area contributed by atoms with E-state index in [-0.39, 0.29) is 5.91 Å². The highest BCUT2D eigenvalue weighted by Crippen LogP contribution is 2.24. The normalized spacial score (nSPS) is 15.0. The van der Waals surface area contributed by atoms with Gasteiger partial charge in [-0.3, -0.25) is 19.0 Å². The third kappa shape index (κ3) is 5.30. The predicted octanol–water partition coefficient (Wildman–Crippen LogP) is 2.36. The molecule has 3 aromatic rings. The summed E-state index contributed by atoms with van der Waals surface area (Å²) in [6.07, 6.45) is 1.33. The standard InChI is InChI=1S/C24H23FN4O6/c1-34-19-6-3-2-5-18(19)27-22(31)15-8-10-16(11-9-15)26-20(30)14-29-23(32)17(25)13-28(24(29)33)21-7-4-12-35-21/h2-3,5-6,8-11,13,21H,4,7,12,14H2,1H3,(H,26,30)(H,27,31)/t21-/m0/s1. The Morgan fingerprint density at radius 3 is 2.54 bits per heavy atom. The Kier molecular flexibility index (Phi) is 7.06. The van der Waals surface area contributed by atoms with Crippen molar-refractivity contribution >= 4 is 23.2 Å². The molecular weight excluding hydrogens is 459 g/mol. The second-order valence-corrected chi connectivity index (χ2v) is 7.81. The van der Waals surface area contributed by atoms with Gasteiger partial charge in [-0.15, -0.1) is 0 Å². The lowest BCUT2D eigenvalue weighted by atomic mass is 10.2. The molecule has 0 bridgehead atoms. The maximum atomic E-state index is 14.1. The molecule has 182 valence electrons. The van der Waals surface area contributed by atoms with E-state index in [0.29, 0.717) is 46.7 Å². The van der Waals surface area contributed by atoms with Crippen LogP contribution in [0, 0.1) is 5.82 Å². The highest BCUT2D eigenvalue weighted by atomic mass is 19.1.